The maximum atomic E-state index is 13.2. The molecule has 6 heteroatoms. The van der Waals surface area contributed by atoms with Gasteiger partial charge in [-0.3, -0.25) is 14.4 Å². The van der Waals surface area contributed by atoms with E-state index in [-0.39, 0.29) is 28.8 Å². The first-order valence-electron chi connectivity index (χ1n) is 14.4. The molecule has 6 nitrogen and oxygen atoms in total. The van der Waals surface area contributed by atoms with Crippen LogP contribution in [0.2, 0.25) is 0 Å². The molecule has 0 bridgehead atoms. The number of rotatable bonds is 5. The van der Waals surface area contributed by atoms with E-state index in [1.807, 2.05) is 37.3 Å². The van der Waals surface area contributed by atoms with Gasteiger partial charge in [-0.1, -0.05) is 77.4 Å². The summed E-state index contributed by atoms with van der Waals surface area (Å²) in [6.45, 7) is 14.3. The zero-order valence-corrected chi connectivity index (χ0v) is 25.3. The number of benzene rings is 3. The molecule has 0 saturated carbocycles. The molecule has 3 aromatic carbocycles. The molecule has 0 saturated heterocycles. The maximum Gasteiger partial charge on any atom is 0.311 e. The molecule has 0 amide bonds. The van der Waals surface area contributed by atoms with Crippen LogP contribution >= 0.6 is 0 Å². The van der Waals surface area contributed by atoms with Gasteiger partial charge in [-0.2, -0.15) is 0 Å². The second-order valence-electron chi connectivity index (χ2n) is 13.4. The summed E-state index contributed by atoms with van der Waals surface area (Å²) >= 11 is 0. The average Bonchev–Trinajstić information content (AvgIpc) is 3.15. The van der Waals surface area contributed by atoms with Crippen molar-refractivity contribution >= 4 is 28.4 Å². The number of aromatic hydroxyl groups is 1. The molecule has 1 aromatic heterocycles. The third-order valence-corrected chi connectivity index (χ3v) is 7.94. The summed E-state index contributed by atoms with van der Waals surface area (Å²) in [7, 11) is 0. The number of esters is 1. The summed E-state index contributed by atoms with van der Waals surface area (Å²) in [5.74, 6) is -1.19. The molecule has 42 heavy (non-hydrogen) atoms. The van der Waals surface area contributed by atoms with E-state index in [4.69, 9.17) is 4.74 Å². The number of hydrogen-bond donors (Lipinski definition) is 1. The highest BCUT2D eigenvalue weighted by atomic mass is 16.5. The summed E-state index contributed by atoms with van der Waals surface area (Å²) < 4.78 is 5.83. The molecule has 216 valence electrons. The van der Waals surface area contributed by atoms with Crippen LogP contribution in [0.5, 0.6) is 11.5 Å². The van der Waals surface area contributed by atoms with Crippen LogP contribution in [-0.4, -0.2) is 22.6 Å². The topological polar surface area (TPSA) is 94.8 Å². The van der Waals surface area contributed by atoms with E-state index in [2.05, 4.69) is 46.5 Å². The number of ether oxygens (including phenoxy) is 1. The fourth-order valence-electron chi connectivity index (χ4n) is 5.63. The number of ketones is 2. The van der Waals surface area contributed by atoms with E-state index in [9.17, 15) is 19.5 Å². The highest BCUT2D eigenvalue weighted by Crippen LogP contribution is 2.40. The lowest BCUT2D eigenvalue weighted by atomic mass is 9.78. The number of phenols is 1. The molecule has 1 atom stereocenters. The Bertz CT molecular complexity index is 1720. The van der Waals surface area contributed by atoms with Crippen molar-refractivity contribution in [1.29, 1.82) is 0 Å². The number of pyridine rings is 1. The third kappa shape index (κ3) is 5.46. The van der Waals surface area contributed by atoms with E-state index in [1.165, 1.54) is 0 Å². The molecule has 5 rings (SSSR count). The number of para-hydroxylation sites is 1. The van der Waals surface area contributed by atoms with Gasteiger partial charge in [0.05, 0.1) is 5.39 Å². The number of carbonyl (C=O) groups is 3. The van der Waals surface area contributed by atoms with E-state index < -0.39 is 11.9 Å². The highest BCUT2D eigenvalue weighted by molar-refractivity contribution is 6.29. The van der Waals surface area contributed by atoms with Crippen LogP contribution in [-0.2, 0) is 22.0 Å². The summed E-state index contributed by atoms with van der Waals surface area (Å²) in [6.07, 6.45) is 0.593. The van der Waals surface area contributed by atoms with E-state index in [0.29, 0.717) is 40.3 Å². The Morgan fingerprint density at radius 2 is 1.50 bits per heavy atom. The lowest BCUT2D eigenvalue weighted by Gasteiger charge is -2.28. The van der Waals surface area contributed by atoms with Crippen molar-refractivity contribution in [2.24, 2.45) is 0 Å². The zero-order chi connectivity index (χ0) is 30.6. The van der Waals surface area contributed by atoms with Gasteiger partial charge in [-0.25, -0.2) is 4.98 Å². The van der Waals surface area contributed by atoms with Crippen molar-refractivity contribution in [3.8, 4) is 11.5 Å². The first-order chi connectivity index (χ1) is 19.6. The number of aromatic nitrogens is 1. The molecule has 0 spiro atoms. The number of H-pyrrole nitrogens is 1. The first-order valence-corrected chi connectivity index (χ1v) is 14.4. The molecule has 1 aliphatic rings. The highest BCUT2D eigenvalue weighted by Gasteiger charge is 2.43. The molecule has 0 radical (unpaired) electrons. The van der Waals surface area contributed by atoms with Crippen molar-refractivity contribution < 1.29 is 29.2 Å². The molecule has 2 N–H and O–H groups in total. The Morgan fingerprint density at radius 1 is 0.857 bits per heavy atom. The summed E-state index contributed by atoms with van der Waals surface area (Å²) in [5, 5.41) is 11.8. The van der Waals surface area contributed by atoms with Crippen molar-refractivity contribution in [2.75, 3.05) is 0 Å². The van der Waals surface area contributed by atoms with Gasteiger partial charge in [0.1, 0.15) is 5.75 Å². The first kappa shape index (κ1) is 29.2. The largest absolute Gasteiger partial charge is 0.507 e. The molecule has 0 fully saturated rings. The molecular formula is C36H38NO5+. The molecule has 1 unspecified atom stereocenters. The van der Waals surface area contributed by atoms with Gasteiger partial charge in [-0.15, -0.1) is 0 Å². The Labute approximate surface area is 246 Å². The smallest absolute Gasteiger partial charge is 0.311 e. The van der Waals surface area contributed by atoms with Crippen LogP contribution in [0.4, 0.5) is 0 Å². The van der Waals surface area contributed by atoms with Gasteiger partial charge < -0.3 is 9.84 Å². The minimum absolute atomic E-state index is 0.141. The number of aryl methyl sites for hydroxylation is 2. The molecule has 1 aliphatic carbocycles. The Balaban J connectivity index is 1.39. The van der Waals surface area contributed by atoms with E-state index in [0.717, 1.165) is 27.6 Å². The van der Waals surface area contributed by atoms with Crippen LogP contribution in [0.3, 0.4) is 0 Å². The zero-order valence-electron chi connectivity index (χ0n) is 25.3. The molecular weight excluding hydrogens is 526 g/mol. The minimum Gasteiger partial charge on any atom is -0.507 e. The number of Topliss-reactive ketones (excluding diaryl/α,β-unsaturated/α-hetero) is 2. The number of fused-ring (bicyclic) bond motifs is 2. The normalized spacial score (nSPS) is 15.3. The fourth-order valence-corrected chi connectivity index (χ4v) is 5.63. The number of aromatic amines is 1. The van der Waals surface area contributed by atoms with Crippen molar-refractivity contribution in [1.82, 2.24) is 0 Å². The van der Waals surface area contributed by atoms with Gasteiger partial charge in [0.15, 0.2) is 23.2 Å². The van der Waals surface area contributed by atoms with Crippen LogP contribution in [0, 0.1) is 6.92 Å². The summed E-state index contributed by atoms with van der Waals surface area (Å²) in [5.41, 5.74) is 4.93. The van der Waals surface area contributed by atoms with E-state index >= 15 is 0 Å². The second kappa shape index (κ2) is 10.5. The van der Waals surface area contributed by atoms with Gasteiger partial charge in [0.25, 0.3) is 5.52 Å². The predicted molar refractivity (Wildman–Crippen MR) is 163 cm³/mol. The predicted octanol–water partition coefficient (Wildman–Crippen LogP) is 6.96. The van der Waals surface area contributed by atoms with E-state index in [1.54, 1.807) is 30.3 Å². The SMILES string of the molecule is Cc1ccc2c(c1)C(=O)C(c1ccc3cccc(OC(=O)CCc4cc(C(C)(C)C)c(O)c(C(C)(C)C)c4)c3[nH+]1)C2=O. The monoisotopic (exact) mass is 564 g/mol. The fraction of sp³-hybridized carbons (Fsp3) is 0.333. The van der Waals surface area contributed by atoms with Gasteiger partial charge >= 0.3 is 5.97 Å². The minimum atomic E-state index is -0.960. The summed E-state index contributed by atoms with van der Waals surface area (Å²) in [6, 6.07) is 18.2. The van der Waals surface area contributed by atoms with Crippen molar-refractivity contribution in [3.05, 3.63) is 99.7 Å². The van der Waals surface area contributed by atoms with Crippen LogP contribution in [0.15, 0.2) is 60.7 Å². The number of phenolic OH excluding ortho intramolecular Hbond substituents is 1. The maximum absolute atomic E-state index is 13.2. The Kier molecular flexibility index (Phi) is 7.30. The van der Waals surface area contributed by atoms with Crippen LogP contribution < -0.4 is 9.72 Å². The third-order valence-electron chi connectivity index (χ3n) is 7.94. The molecule has 0 aliphatic heterocycles. The second-order valence-corrected chi connectivity index (χ2v) is 13.4. The average molecular weight is 565 g/mol. The summed E-state index contributed by atoms with van der Waals surface area (Å²) in [4.78, 5) is 42.7. The van der Waals surface area contributed by atoms with Crippen LogP contribution in [0.1, 0.15) is 103 Å². The lowest BCUT2D eigenvalue weighted by Crippen LogP contribution is -2.24. The van der Waals surface area contributed by atoms with Crippen LogP contribution in [0.25, 0.3) is 10.9 Å². The lowest BCUT2D eigenvalue weighted by molar-refractivity contribution is -0.358. The number of carbonyl (C=O) groups excluding carboxylic acids is 3. The standard InChI is InChI=1S/C36H37NO5/c1-20-11-14-23-24(17-20)33(40)30(32(23)39)27-15-13-22-9-8-10-28(31(22)37-27)42-29(38)16-12-21-18-25(35(2,3)4)34(41)26(19-21)36(5,6)7/h8-11,13-15,17-19,30,41H,12,16H2,1-7H3/p+1. The van der Waals surface area contributed by atoms with Gasteiger partial charge in [0.2, 0.25) is 5.75 Å². The Hall–Kier alpha value is -4.32. The van der Waals surface area contributed by atoms with Crippen molar-refractivity contribution in [2.45, 2.75) is 78.1 Å². The van der Waals surface area contributed by atoms with Gasteiger partial charge in [0, 0.05) is 23.6 Å². The Morgan fingerprint density at radius 3 is 2.14 bits per heavy atom. The quantitative estimate of drug-likeness (QED) is 0.161. The molecule has 4 aromatic rings. The number of hydrogen-bond acceptors (Lipinski definition) is 5. The molecule has 1 heterocycles. The van der Waals surface area contributed by atoms with Crippen molar-refractivity contribution in [3.63, 3.8) is 0 Å². The van der Waals surface area contributed by atoms with Gasteiger partial charge in [-0.05, 0) is 65.1 Å². The number of nitrogens with one attached hydrogen (secondary N) is 1.